The quantitative estimate of drug-likeness (QED) is 0.690. The van der Waals surface area contributed by atoms with Crippen molar-refractivity contribution >= 4 is 11.6 Å². The summed E-state index contributed by atoms with van der Waals surface area (Å²) in [7, 11) is 0. The van der Waals surface area contributed by atoms with E-state index in [1.807, 2.05) is 30.4 Å². The number of β-amino-alcohol motifs (C(OH)–C–C–N with tert-alkyl or cyclic N) is 1. The number of hydrogen-bond acceptors (Lipinski definition) is 4. The van der Waals surface area contributed by atoms with Crippen molar-refractivity contribution in [3.63, 3.8) is 0 Å². The lowest BCUT2D eigenvalue weighted by molar-refractivity contribution is -0.131. The maximum Gasteiger partial charge on any atom is 0.401 e. The summed E-state index contributed by atoms with van der Waals surface area (Å²) in [5.74, 6) is -0.122. The van der Waals surface area contributed by atoms with Gasteiger partial charge in [0.15, 0.2) is 0 Å². The van der Waals surface area contributed by atoms with Gasteiger partial charge in [0.25, 0.3) is 0 Å². The number of benzene rings is 1. The van der Waals surface area contributed by atoms with Gasteiger partial charge in [-0.05, 0) is 49.5 Å². The van der Waals surface area contributed by atoms with Crippen molar-refractivity contribution in [2.75, 3.05) is 31.1 Å². The standard InChI is InChI=1S/C18H24F3N3O2/c1-2-12-4-3-5-13-15(12)17(6-8-22-9-7-17)16(26)24(13)10-14(25)23-11-18(19,20)21/h3-5,14,22-23,25H,2,6-11H2,1H3. The topological polar surface area (TPSA) is 64.6 Å². The molecule has 2 heterocycles. The zero-order valence-corrected chi connectivity index (χ0v) is 14.7. The summed E-state index contributed by atoms with van der Waals surface area (Å²) in [5, 5.41) is 15.3. The Kier molecular flexibility index (Phi) is 5.28. The second-order valence-corrected chi connectivity index (χ2v) is 6.92. The van der Waals surface area contributed by atoms with Gasteiger partial charge in [-0.15, -0.1) is 0 Å². The molecular weight excluding hydrogens is 347 g/mol. The number of piperidine rings is 1. The van der Waals surface area contributed by atoms with E-state index in [4.69, 9.17) is 0 Å². The Bertz CT molecular complexity index is 672. The van der Waals surface area contributed by atoms with Crippen LogP contribution in [0.1, 0.15) is 30.9 Å². The van der Waals surface area contributed by atoms with Gasteiger partial charge in [-0.1, -0.05) is 19.1 Å². The third kappa shape index (κ3) is 3.45. The number of carbonyl (C=O) groups is 1. The highest BCUT2D eigenvalue weighted by atomic mass is 19.4. The lowest BCUT2D eigenvalue weighted by Gasteiger charge is -2.34. The SMILES string of the molecule is CCc1cccc2c1C1(CCNCC1)C(=O)N2CC(O)NCC(F)(F)F. The van der Waals surface area contributed by atoms with Crippen LogP contribution in [0.4, 0.5) is 18.9 Å². The number of amides is 1. The predicted octanol–water partition coefficient (Wildman–Crippen LogP) is 1.69. The Balaban J connectivity index is 1.90. The number of rotatable bonds is 5. The van der Waals surface area contributed by atoms with Gasteiger partial charge in [-0.25, -0.2) is 0 Å². The largest absolute Gasteiger partial charge is 0.401 e. The van der Waals surface area contributed by atoms with Crippen LogP contribution in [0.25, 0.3) is 0 Å². The van der Waals surface area contributed by atoms with Crippen LogP contribution in [0.5, 0.6) is 0 Å². The lowest BCUT2D eigenvalue weighted by Crippen LogP contribution is -2.51. The second kappa shape index (κ2) is 7.17. The molecule has 26 heavy (non-hydrogen) atoms. The van der Waals surface area contributed by atoms with E-state index in [0.29, 0.717) is 31.6 Å². The van der Waals surface area contributed by atoms with Gasteiger partial charge in [-0.2, -0.15) is 13.2 Å². The molecule has 1 atom stereocenters. The Labute approximate surface area is 150 Å². The summed E-state index contributed by atoms with van der Waals surface area (Å²) >= 11 is 0. The summed E-state index contributed by atoms with van der Waals surface area (Å²) in [6.07, 6.45) is -3.79. The molecule has 5 nitrogen and oxygen atoms in total. The number of aryl methyl sites for hydroxylation is 1. The highest BCUT2D eigenvalue weighted by Crippen LogP contribution is 2.48. The number of hydrogen-bond donors (Lipinski definition) is 3. The number of aliphatic hydroxyl groups excluding tert-OH is 1. The maximum atomic E-state index is 13.3. The molecule has 8 heteroatoms. The zero-order valence-electron chi connectivity index (χ0n) is 14.7. The molecule has 1 amide bonds. The van der Waals surface area contributed by atoms with Crippen LogP contribution >= 0.6 is 0 Å². The van der Waals surface area contributed by atoms with Crippen LogP contribution in [0.3, 0.4) is 0 Å². The third-order valence-electron chi connectivity index (χ3n) is 5.28. The summed E-state index contributed by atoms with van der Waals surface area (Å²) in [6, 6.07) is 5.67. The molecule has 3 N–H and O–H groups in total. The van der Waals surface area contributed by atoms with Crippen molar-refractivity contribution in [2.45, 2.75) is 44.0 Å². The van der Waals surface area contributed by atoms with E-state index in [1.165, 1.54) is 4.90 Å². The molecule has 1 unspecified atom stereocenters. The molecular formula is C18H24F3N3O2. The minimum Gasteiger partial charge on any atom is -0.377 e. The molecule has 0 aliphatic carbocycles. The van der Waals surface area contributed by atoms with Crippen molar-refractivity contribution in [1.82, 2.24) is 10.6 Å². The summed E-state index contributed by atoms with van der Waals surface area (Å²) in [6.45, 7) is 1.95. The number of aliphatic hydroxyl groups is 1. The maximum absolute atomic E-state index is 13.3. The number of halogens is 3. The fourth-order valence-electron chi connectivity index (χ4n) is 4.10. The van der Waals surface area contributed by atoms with Crippen molar-refractivity contribution < 1.29 is 23.1 Å². The van der Waals surface area contributed by atoms with Gasteiger partial charge in [0, 0.05) is 5.69 Å². The van der Waals surface area contributed by atoms with E-state index in [1.54, 1.807) is 0 Å². The molecule has 0 saturated carbocycles. The molecule has 1 spiro atoms. The van der Waals surface area contributed by atoms with Crippen molar-refractivity contribution in [3.8, 4) is 0 Å². The fourth-order valence-corrected chi connectivity index (χ4v) is 4.10. The highest BCUT2D eigenvalue weighted by Gasteiger charge is 2.52. The molecule has 2 aliphatic rings. The van der Waals surface area contributed by atoms with Crippen molar-refractivity contribution in [1.29, 1.82) is 0 Å². The molecule has 0 bridgehead atoms. The van der Waals surface area contributed by atoms with Crippen molar-refractivity contribution in [2.24, 2.45) is 0 Å². The number of anilines is 1. The Morgan fingerprint density at radius 3 is 2.65 bits per heavy atom. The number of nitrogens with one attached hydrogen (secondary N) is 2. The number of fused-ring (bicyclic) bond motifs is 2. The van der Waals surface area contributed by atoms with Crippen LogP contribution in [0, 0.1) is 0 Å². The van der Waals surface area contributed by atoms with E-state index >= 15 is 0 Å². The second-order valence-electron chi connectivity index (χ2n) is 6.92. The van der Waals surface area contributed by atoms with Crippen LogP contribution in [0.2, 0.25) is 0 Å². The molecule has 1 aromatic rings. The van der Waals surface area contributed by atoms with Gasteiger partial charge < -0.3 is 15.3 Å². The monoisotopic (exact) mass is 371 g/mol. The highest BCUT2D eigenvalue weighted by molar-refractivity contribution is 6.08. The summed E-state index contributed by atoms with van der Waals surface area (Å²) in [5.41, 5.74) is 2.14. The zero-order chi connectivity index (χ0) is 18.9. The van der Waals surface area contributed by atoms with Gasteiger partial charge >= 0.3 is 6.18 Å². The van der Waals surface area contributed by atoms with E-state index in [-0.39, 0.29) is 12.5 Å². The predicted molar refractivity (Wildman–Crippen MR) is 92.0 cm³/mol. The first kappa shape index (κ1) is 19.1. The van der Waals surface area contributed by atoms with Crippen LogP contribution in [-0.4, -0.2) is 49.6 Å². The van der Waals surface area contributed by atoms with Crippen LogP contribution in [0.15, 0.2) is 18.2 Å². The van der Waals surface area contributed by atoms with E-state index < -0.39 is 24.4 Å². The smallest absolute Gasteiger partial charge is 0.377 e. The molecule has 1 saturated heterocycles. The molecule has 1 aromatic carbocycles. The van der Waals surface area contributed by atoms with Gasteiger partial charge in [0.1, 0.15) is 6.23 Å². The first-order valence-electron chi connectivity index (χ1n) is 8.92. The van der Waals surface area contributed by atoms with Gasteiger partial charge in [0.05, 0.1) is 18.5 Å². The normalized spacial score (nSPS) is 20.5. The fraction of sp³-hybridized carbons (Fsp3) is 0.611. The minimum atomic E-state index is -4.42. The van der Waals surface area contributed by atoms with Crippen LogP contribution in [-0.2, 0) is 16.6 Å². The summed E-state index contributed by atoms with van der Waals surface area (Å²) in [4.78, 5) is 14.7. The lowest BCUT2D eigenvalue weighted by atomic mass is 9.72. The van der Waals surface area contributed by atoms with Crippen molar-refractivity contribution in [3.05, 3.63) is 29.3 Å². The summed E-state index contributed by atoms with van der Waals surface area (Å²) < 4.78 is 37.1. The van der Waals surface area contributed by atoms with Crippen LogP contribution < -0.4 is 15.5 Å². The van der Waals surface area contributed by atoms with Gasteiger partial charge in [0.2, 0.25) is 5.91 Å². The molecule has 2 aliphatic heterocycles. The molecule has 0 aromatic heterocycles. The van der Waals surface area contributed by atoms with E-state index in [2.05, 4.69) is 5.32 Å². The Hall–Kier alpha value is -1.64. The Morgan fingerprint density at radius 2 is 2.04 bits per heavy atom. The first-order chi connectivity index (χ1) is 12.3. The first-order valence-corrected chi connectivity index (χ1v) is 8.92. The molecule has 144 valence electrons. The number of alkyl halides is 3. The average molecular weight is 371 g/mol. The van der Waals surface area contributed by atoms with Gasteiger partial charge in [-0.3, -0.25) is 10.1 Å². The number of nitrogens with zero attached hydrogens (tertiary/aromatic N) is 1. The van der Waals surface area contributed by atoms with E-state index in [0.717, 1.165) is 17.5 Å². The molecule has 0 radical (unpaired) electrons. The Morgan fingerprint density at radius 1 is 1.35 bits per heavy atom. The third-order valence-corrected chi connectivity index (χ3v) is 5.28. The number of carbonyl (C=O) groups excluding carboxylic acids is 1. The minimum absolute atomic E-state index is 0.122. The molecule has 3 rings (SSSR count). The molecule has 1 fully saturated rings. The average Bonchev–Trinajstić information content (AvgIpc) is 2.83. The van der Waals surface area contributed by atoms with E-state index in [9.17, 15) is 23.1 Å².